The van der Waals surface area contributed by atoms with Gasteiger partial charge in [0.1, 0.15) is 12.4 Å². The number of carbonyl (C=O) groups excluding carboxylic acids is 1. The van der Waals surface area contributed by atoms with E-state index in [2.05, 4.69) is 43.4 Å². The SMILES string of the molecule is CC(C)(C)c1ccc(OCc2ccc(C(=O)NN=Cc3ccc([N+](=O)[O-])cc3)cc2)cc1. The van der Waals surface area contributed by atoms with Gasteiger partial charge in [-0.15, -0.1) is 0 Å². The van der Waals surface area contributed by atoms with E-state index >= 15 is 0 Å². The highest BCUT2D eigenvalue weighted by atomic mass is 16.6. The molecule has 0 aromatic heterocycles. The average Bonchev–Trinajstić information content (AvgIpc) is 2.78. The second-order valence-corrected chi connectivity index (χ2v) is 8.31. The summed E-state index contributed by atoms with van der Waals surface area (Å²) >= 11 is 0. The van der Waals surface area contributed by atoms with Gasteiger partial charge in [0.05, 0.1) is 11.1 Å². The van der Waals surface area contributed by atoms with Crippen LogP contribution in [0.2, 0.25) is 0 Å². The zero-order valence-corrected chi connectivity index (χ0v) is 18.2. The van der Waals surface area contributed by atoms with E-state index in [0.717, 1.165) is 11.3 Å². The first-order valence-electron chi connectivity index (χ1n) is 10.1. The number of non-ortho nitro benzene ring substituents is 1. The largest absolute Gasteiger partial charge is 0.489 e. The highest BCUT2D eigenvalue weighted by Gasteiger charge is 2.13. The van der Waals surface area contributed by atoms with Gasteiger partial charge < -0.3 is 4.74 Å². The van der Waals surface area contributed by atoms with E-state index in [-0.39, 0.29) is 17.0 Å². The van der Waals surface area contributed by atoms with Gasteiger partial charge >= 0.3 is 0 Å². The van der Waals surface area contributed by atoms with Gasteiger partial charge in [-0.2, -0.15) is 5.10 Å². The summed E-state index contributed by atoms with van der Waals surface area (Å²) in [6.07, 6.45) is 1.43. The van der Waals surface area contributed by atoms with Crippen LogP contribution >= 0.6 is 0 Å². The van der Waals surface area contributed by atoms with Crippen molar-refractivity contribution in [3.05, 3.63) is 105 Å². The topological polar surface area (TPSA) is 93.8 Å². The molecule has 1 N–H and O–H groups in total. The molecule has 0 aliphatic carbocycles. The number of nitro benzene ring substituents is 1. The lowest BCUT2D eigenvalue weighted by Gasteiger charge is -2.19. The number of hydrogen-bond donors (Lipinski definition) is 1. The van der Waals surface area contributed by atoms with Crippen LogP contribution < -0.4 is 10.2 Å². The highest BCUT2D eigenvalue weighted by molar-refractivity contribution is 5.94. The minimum Gasteiger partial charge on any atom is -0.489 e. The zero-order valence-electron chi connectivity index (χ0n) is 18.2. The molecule has 0 fully saturated rings. The third-order valence-electron chi connectivity index (χ3n) is 4.83. The molecule has 0 radical (unpaired) electrons. The van der Waals surface area contributed by atoms with Gasteiger partial charge in [-0.25, -0.2) is 5.43 Å². The molecule has 0 atom stereocenters. The summed E-state index contributed by atoms with van der Waals surface area (Å²) in [5, 5.41) is 14.6. The first-order chi connectivity index (χ1) is 15.2. The number of benzene rings is 3. The monoisotopic (exact) mass is 431 g/mol. The van der Waals surface area contributed by atoms with Gasteiger partial charge in [0.25, 0.3) is 11.6 Å². The quantitative estimate of drug-likeness (QED) is 0.315. The molecule has 0 unspecified atom stereocenters. The molecule has 32 heavy (non-hydrogen) atoms. The standard InChI is InChI=1S/C25H25N3O4/c1-25(2,3)21-10-14-23(15-11-21)32-17-19-4-8-20(9-5-19)24(29)27-26-16-18-6-12-22(13-7-18)28(30)31/h4-16H,17H2,1-3H3,(H,27,29). The van der Waals surface area contributed by atoms with Crippen molar-refractivity contribution in [1.82, 2.24) is 5.43 Å². The molecule has 0 aliphatic rings. The van der Waals surface area contributed by atoms with E-state index in [9.17, 15) is 14.9 Å². The van der Waals surface area contributed by atoms with Crippen molar-refractivity contribution < 1.29 is 14.5 Å². The molecule has 0 saturated heterocycles. The molecule has 0 aliphatic heterocycles. The van der Waals surface area contributed by atoms with Crippen molar-refractivity contribution in [2.24, 2.45) is 5.10 Å². The fourth-order valence-corrected chi connectivity index (χ4v) is 2.88. The number of nitro groups is 1. The molecular weight excluding hydrogens is 406 g/mol. The van der Waals surface area contributed by atoms with E-state index in [4.69, 9.17) is 4.74 Å². The van der Waals surface area contributed by atoms with Gasteiger partial charge in [0.15, 0.2) is 0 Å². The first kappa shape index (κ1) is 22.7. The van der Waals surface area contributed by atoms with Crippen LogP contribution in [0.1, 0.15) is 47.8 Å². The fourth-order valence-electron chi connectivity index (χ4n) is 2.88. The van der Waals surface area contributed by atoms with E-state index in [1.54, 1.807) is 24.3 Å². The Balaban J connectivity index is 1.51. The lowest BCUT2D eigenvalue weighted by Crippen LogP contribution is -2.17. The Hall–Kier alpha value is -4.00. The lowest BCUT2D eigenvalue weighted by molar-refractivity contribution is -0.384. The molecule has 7 heteroatoms. The van der Waals surface area contributed by atoms with Crippen molar-refractivity contribution >= 4 is 17.8 Å². The van der Waals surface area contributed by atoms with Crippen molar-refractivity contribution in [1.29, 1.82) is 0 Å². The number of rotatable bonds is 7. The molecule has 0 heterocycles. The summed E-state index contributed by atoms with van der Waals surface area (Å²) in [4.78, 5) is 22.4. The summed E-state index contributed by atoms with van der Waals surface area (Å²) < 4.78 is 5.83. The van der Waals surface area contributed by atoms with Crippen molar-refractivity contribution in [3.63, 3.8) is 0 Å². The number of ether oxygens (including phenoxy) is 1. The first-order valence-corrected chi connectivity index (χ1v) is 10.1. The normalized spacial score (nSPS) is 11.3. The summed E-state index contributed by atoms with van der Waals surface area (Å²) in [7, 11) is 0. The average molecular weight is 431 g/mol. The van der Waals surface area contributed by atoms with E-state index in [0.29, 0.717) is 17.7 Å². The second-order valence-electron chi connectivity index (χ2n) is 8.31. The van der Waals surface area contributed by atoms with Crippen LogP contribution in [-0.4, -0.2) is 17.0 Å². The summed E-state index contributed by atoms with van der Waals surface area (Å²) in [6, 6.07) is 21.0. The van der Waals surface area contributed by atoms with E-state index in [1.165, 1.54) is 23.9 Å². The predicted molar refractivity (Wildman–Crippen MR) is 124 cm³/mol. The van der Waals surface area contributed by atoms with Crippen molar-refractivity contribution in [3.8, 4) is 5.75 Å². The number of hydrazone groups is 1. The third kappa shape index (κ3) is 6.25. The maximum Gasteiger partial charge on any atom is 0.271 e. The van der Waals surface area contributed by atoms with E-state index in [1.807, 2.05) is 24.3 Å². The maximum atomic E-state index is 12.2. The maximum absolute atomic E-state index is 12.2. The molecule has 164 valence electrons. The zero-order chi connectivity index (χ0) is 23.1. The number of carbonyl (C=O) groups is 1. The van der Waals surface area contributed by atoms with Crippen molar-refractivity contribution in [2.75, 3.05) is 0 Å². The minimum absolute atomic E-state index is 0.00261. The minimum atomic E-state index is -0.472. The molecule has 3 aromatic rings. The second kappa shape index (κ2) is 9.87. The summed E-state index contributed by atoms with van der Waals surface area (Å²) in [5.41, 5.74) is 5.83. The fraction of sp³-hybridized carbons (Fsp3) is 0.200. The predicted octanol–water partition coefficient (Wildman–Crippen LogP) is 5.24. The van der Waals surface area contributed by atoms with Crippen LogP contribution in [0.4, 0.5) is 5.69 Å². The van der Waals surface area contributed by atoms with Gasteiger partial charge in [-0.1, -0.05) is 45.0 Å². The molecule has 7 nitrogen and oxygen atoms in total. The van der Waals surface area contributed by atoms with Crippen LogP contribution in [-0.2, 0) is 12.0 Å². The van der Waals surface area contributed by atoms with Gasteiger partial charge in [-0.05, 0) is 58.5 Å². The Morgan fingerprint density at radius 2 is 1.62 bits per heavy atom. The van der Waals surface area contributed by atoms with Crippen molar-refractivity contribution in [2.45, 2.75) is 32.8 Å². The van der Waals surface area contributed by atoms with Crippen LogP contribution in [0.25, 0.3) is 0 Å². The number of amides is 1. The van der Waals surface area contributed by atoms with Crippen LogP contribution in [0.3, 0.4) is 0 Å². The number of nitrogens with zero attached hydrogens (tertiary/aromatic N) is 2. The van der Waals surface area contributed by atoms with Crippen LogP contribution in [0.15, 0.2) is 77.9 Å². The molecule has 1 amide bonds. The molecule has 3 rings (SSSR count). The smallest absolute Gasteiger partial charge is 0.271 e. The molecular formula is C25H25N3O4. The molecule has 0 spiro atoms. The Bertz CT molecular complexity index is 1100. The Morgan fingerprint density at radius 1 is 1.00 bits per heavy atom. The highest BCUT2D eigenvalue weighted by Crippen LogP contribution is 2.24. The van der Waals surface area contributed by atoms with Crippen LogP contribution in [0, 0.1) is 10.1 Å². The van der Waals surface area contributed by atoms with Gasteiger partial charge in [-0.3, -0.25) is 14.9 Å². The Labute approximate surface area is 186 Å². The molecule has 3 aromatic carbocycles. The molecule has 0 bridgehead atoms. The molecule has 0 saturated carbocycles. The number of hydrogen-bond acceptors (Lipinski definition) is 5. The Kier molecular flexibility index (Phi) is 7.00. The lowest BCUT2D eigenvalue weighted by atomic mass is 9.87. The van der Waals surface area contributed by atoms with Crippen LogP contribution in [0.5, 0.6) is 5.75 Å². The summed E-state index contributed by atoms with van der Waals surface area (Å²) in [5.74, 6) is 0.439. The third-order valence-corrected chi connectivity index (χ3v) is 4.83. The summed E-state index contributed by atoms with van der Waals surface area (Å²) in [6.45, 7) is 6.90. The van der Waals surface area contributed by atoms with Gasteiger partial charge in [0, 0.05) is 17.7 Å². The van der Waals surface area contributed by atoms with E-state index < -0.39 is 4.92 Å². The number of nitrogens with one attached hydrogen (secondary N) is 1. The Morgan fingerprint density at radius 3 is 2.19 bits per heavy atom. The van der Waals surface area contributed by atoms with Gasteiger partial charge in [0.2, 0.25) is 0 Å².